The van der Waals surface area contributed by atoms with E-state index in [4.69, 9.17) is 0 Å². The minimum Gasteiger partial charge on any atom is -0.256 e. The van der Waals surface area contributed by atoms with Crippen molar-refractivity contribution < 1.29 is 0 Å². The van der Waals surface area contributed by atoms with Crippen LogP contribution in [0.5, 0.6) is 0 Å². The SMILES string of the molecule is c1cnc2ccc(Sc3ncn[nH]3)cc2c1. The molecule has 0 amide bonds. The third-order valence-electron chi connectivity index (χ3n) is 2.18. The minimum absolute atomic E-state index is 0.795. The average Bonchev–Trinajstić information content (AvgIpc) is 2.82. The smallest absolute Gasteiger partial charge is 0.188 e. The molecule has 0 unspecified atom stereocenters. The molecule has 4 nitrogen and oxygen atoms in total. The summed E-state index contributed by atoms with van der Waals surface area (Å²) in [5.41, 5.74) is 1.00. The van der Waals surface area contributed by atoms with Gasteiger partial charge < -0.3 is 0 Å². The Bertz CT molecular complexity index is 606. The number of benzene rings is 1. The number of hydrogen-bond acceptors (Lipinski definition) is 4. The van der Waals surface area contributed by atoms with Crippen molar-refractivity contribution in [3.8, 4) is 0 Å². The first-order valence-corrected chi connectivity index (χ1v) is 5.61. The van der Waals surface area contributed by atoms with Crippen LogP contribution >= 0.6 is 11.8 Å². The quantitative estimate of drug-likeness (QED) is 0.732. The van der Waals surface area contributed by atoms with Crippen molar-refractivity contribution in [1.29, 1.82) is 0 Å². The van der Waals surface area contributed by atoms with Crippen LogP contribution < -0.4 is 0 Å². The molecule has 0 aliphatic carbocycles. The monoisotopic (exact) mass is 228 g/mol. The second-order valence-electron chi connectivity index (χ2n) is 3.25. The Labute approximate surface area is 96.1 Å². The van der Waals surface area contributed by atoms with E-state index in [1.807, 2.05) is 24.3 Å². The summed E-state index contributed by atoms with van der Waals surface area (Å²) >= 11 is 1.55. The van der Waals surface area contributed by atoms with Gasteiger partial charge >= 0.3 is 0 Å². The Morgan fingerprint density at radius 3 is 3.00 bits per heavy atom. The largest absolute Gasteiger partial charge is 0.256 e. The van der Waals surface area contributed by atoms with Crippen LogP contribution in [0.1, 0.15) is 0 Å². The lowest BCUT2D eigenvalue weighted by Gasteiger charge is -2.00. The van der Waals surface area contributed by atoms with Gasteiger partial charge in [-0.2, -0.15) is 5.10 Å². The van der Waals surface area contributed by atoms with Crippen LogP contribution in [0.2, 0.25) is 0 Å². The lowest BCUT2D eigenvalue weighted by atomic mass is 10.2. The third kappa shape index (κ3) is 1.77. The third-order valence-corrected chi connectivity index (χ3v) is 3.06. The Kier molecular flexibility index (Phi) is 2.30. The van der Waals surface area contributed by atoms with Crippen molar-refractivity contribution >= 4 is 22.7 Å². The molecule has 3 rings (SSSR count). The molecular weight excluding hydrogens is 220 g/mol. The van der Waals surface area contributed by atoms with Crippen molar-refractivity contribution in [3.05, 3.63) is 42.9 Å². The zero-order chi connectivity index (χ0) is 10.8. The first-order valence-electron chi connectivity index (χ1n) is 4.80. The first-order chi connectivity index (χ1) is 7.92. The molecule has 0 spiro atoms. The van der Waals surface area contributed by atoms with E-state index in [9.17, 15) is 0 Å². The lowest BCUT2D eigenvalue weighted by molar-refractivity contribution is 0.973. The van der Waals surface area contributed by atoms with Crippen molar-refractivity contribution in [1.82, 2.24) is 20.2 Å². The maximum absolute atomic E-state index is 4.27. The molecule has 0 bridgehead atoms. The van der Waals surface area contributed by atoms with Crippen molar-refractivity contribution in [2.75, 3.05) is 0 Å². The summed E-state index contributed by atoms with van der Waals surface area (Å²) in [6.07, 6.45) is 3.30. The van der Waals surface area contributed by atoms with Crippen molar-refractivity contribution in [2.45, 2.75) is 10.1 Å². The van der Waals surface area contributed by atoms with E-state index < -0.39 is 0 Å². The highest BCUT2D eigenvalue weighted by Crippen LogP contribution is 2.26. The van der Waals surface area contributed by atoms with Gasteiger partial charge in [-0.1, -0.05) is 17.8 Å². The molecule has 16 heavy (non-hydrogen) atoms. The summed E-state index contributed by atoms with van der Waals surface area (Å²) in [6.45, 7) is 0. The number of aromatic amines is 1. The zero-order valence-electron chi connectivity index (χ0n) is 8.29. The van der Waals surface area contributed by atoms with Gasteiger partial charge in [0.05, 0.1) is 5.52 Å². The number of nitrogens with zero attached hydrogens (tertiary/aromatic N) is 3. The standard InChI is InChI=1S/C11H8N4S/c1-2-8-6-9(3-4-10(8)12-5-1)16-11-13-7-14-15-11/h1-7H,(H,13,14,15). The molecule has 1 N–H and O–H groups in total. The Morgan fingerprint density at radius 2 is 2.12 bits per heavy atom. The Morgan fingerprint density at radius 1 is 1.12 bits per heavy atom. The van der Waals surface area contributed by atoms with Gasteiger partial charge in [0.25, 0.3) is 0 Å². The molecule has 0 saturated carbocycles. The Balaban J connectivity index is 1.99. The van der Waals surface area contributed by atoms with Crippen LogP contribution in [0.25, 0.3) is 10.9 Å². The summed E-state index contributed by atoms with van der Waals surface area (Å²) in [6, 6.07) is 10.1. The van der Waals surface area contributed by atoms with Gasteiger partial charge in [0.1, 0.15) is 6.33 Å². The van der Waals surface area contributed by atoms with Gasteiger partial charge in [-0.3, -0.25) is 10.1 Å². The lowest BCUT2D eigenvalue weighted by Crippen LogP contribution is -1.80. The number of H-pyrrole nitrogens is 1. The van der Waals surface area contributed by atoms with Gasteiger partial charge in [0, 0.05) is 16.5 Å². The van der Waals surface area contributed by atoms with E-state index in [2.05, 4.69) is 26.2 Å². The van der Waals surface area contributed by atoms with Crippen molar-refractivity contribution in [3.63, 3.8) is 0 Å². The maximum atomic E-state index is 4.27. The van der Waals surface area contributed by atoms with Crippen LogP contribution in [-0.2, 0) is 0 Å². The van der Waals surface area contributed by atoms with E-state index in [0.717, 1.165) is 21.0 Å². The predicted molar refractivity (Wildman–Crippen MR) is 62.2 cm³/mol. The molecule has 0 aliphatic rings. The molecule has 0 saturated heterocycles. The summed E-state index contributed by atoms with van der Waals surface area (Å²) < 4.78 is 0. The molecular formula is C11H8N4S. The molecule has 1 aromatic carbocycles. The maximum Gasteiger partial charge on any atom is 0.188 e. The van der Waals surface area contributed by atoms with E-state index in [0.29, 0.717) is 0 Å². The second-order valence-corrected chi connectivity index (χ2v) is 4.31. The first kappa shape index (κ1) is 9.35. The molecule has 2 aromatic heterocycles. The summed E-state index contributed by atoms with van der Waals surface area (Å²) in [5.74, 6) is 0. The van der Waals surface area contributed by atoms with E-state index in [1.165, 1.54) is 6.33 Å². The van der Waals surface area contributed by atoms with E-state index >= 15 is 0 Å². The van der Waals surface area contributed by atoms with Gasteiger partial charge in [0.2, 0.25) is 0 Å². The van der Waals surface area contributed by atoms with E-state index in [-0.39, 0.29) is 0 Å². The van der Waals surface area contributed by atoms with Crippen LogP contribution in [0.15, 0.2) is 52.9 Å². The number of nitrogens with one attached hydrogen (secondary N) is 1. The molecule has 3 aromatic rings. The zero-order valence-corrected chi connectivity index (χ0v) is 9.11. The van der Waals surface area contributed by atoms with Crippen LogP contribution in [-0.4, -0.2) is 20.2 Å². The summed E-state index contributed by atoms with van der Waals surface area (Å²) in [5, 5.41) is 8.56. The molecule has 78 valence electrons. The van der Waals surface area contributed by atoms with Crippen LogP contribution in [0.4, 0.5) is 0 Å². The second kappa shape index (κ2) is 3.94. The topological polar surface area (TPSA) is 54.5 Å². The molecule has 5 heteroatoms. The highest BCUT2D eigenvalue weighted by Gasteiger charge is 2.01. The molecule has 0 radical (unpaired) electrons. The molecule has 0 fully saturated rings. The number of pyridine rings is 1. The predicted octanol–water partition coefficient (Wildman–Crippen LogP) is 2.50. The molecule has 2 heterocycles. The normalized spacial score (nSPS) is 10.8. The average molecular weight is 228 g/mol. The Hall–Kier alpha value is -1.88. The van der Waals surface area contributed by atoms with Gasteiger partial charge in [-0.25, -0.2) is 4.98 Å². The van der Waals surface area contributed by atoms with Gasteiger partial charge in [-0.05, 0) is 24.3 Å². The fourth-order valence-electron chi connectivity index (χ4n) is 1.47. The summed E-state index contributed by atoms with van der Waals surface area (Å²) in [4.78, 5) is 9.47. The fraction of sp³-hybridized carbons (Fsp3) is 0. The van der Waals surface area contributed by atoms with Gasteiger partial charge in [-0.15, -0.1) is 0 Å². The molecule has 0 atom stereocenters. The summed E-state index contributed by atoms with van der Waals surface area (Å²) in [7, 11) is 0. The van der Waals surface area contributed by atoms with Crippen LogP contribution in [0.3, 0.4) is 0 Å². The number of aromatic nitrogens is 4. The number of rotatable bonds is 2. The minimum atomic E-state index is 0.795. The molecule has 0 aliphatic heterocycles. The van der Waals surface area contributed by atoms with Crippen LogP contribution in [0, 0.1) is 0 Å². The van der Waals surface area contributed by atoms with Gasteiger partial charge in [0.15, 0.2) is 5.16 Å². The number of hydrogen-bond donors (Lipinski definition) is 1. The highest BCUT2D eigenvalue weighted by molar-refractivity contribution is 7.99. The number of fused-ring (bicyclic) bond motifs is 1. The van der Waals surface area contributed by atoms with Crippen molar-refractivity contribution in [2.24, 2.45) is 0 Å². The highest BCUT2D eigenvalue weighted by atomic mass is 32.2. The fourth-order valence-corrected chi connectivity index (χ4v) is 2.22. The van der Waals surface area contributed by atoms with E-state index in [1.54, 1.807) is 18.0 Å².